The van der Waals surface area contributed by atoms with E-state index in [0.717, 1.165) is 10.5 Å². The molecule has 4 heteroatoms. The van der Waals surface area contributed by atoms with E-state index in [-0.39, 0.29) is 17.2 Å². The molecule has 2 aromatic rings. The number of carbonyl (C=O) groups excluding carboxylic acids is 1. The zero-order valence-corrected chi connectivity index (χ0v) is 14.5. The topological polar surface area (TPSA) is 29.1 Å². The molecule has 0 saturated carbocycles. The van der Waals surface area contributed by atoms with Gasteiger partial charge in [-0.25, -0.2) is 0 Å². The maximum Gasteiger partial charge on any atom is 0.233 e. The van der Waals surface area contributed by atoms with Crippen LogP contribution in [0.3, 0.4) is 0 Å². The summed E-state index contributed by atoms with van der Waals surface area (Å²) in [5, 5.41) is 3.61. The molecule has 1 N–H and O–H groups in total. The van der Waals surface area contributed by atoms with Crippen molar-refractivity contribution in [2.45, 2.75) is 37.0 Å². The number of carbonyl (C=O) groups is 1. The predicted molar refractivity (Wildman–Crippen MR) is 94.5 cm³/mol. The molecule has 0 aromatic heterocycles. The molecule has 2 rings (SSSR count). The molecule has 0 fully saturated rings. The number of hydrogen-bond donors (Lipinski definition) is 1. The van der Waals surface area contributed by atoms with Gasteiger partial charge in [0.25, 0.3) is 0 Å². The van der Waals surface area contributed by atoms with Gasteiger partial charge in [-0.3, -0.25) is 4.79 Å². The lowest BCUT2D eigenvalue weighted by Gasteiger charge is -2.18. The van der Waals surface area contributed by atoms with Crippen molar-refractivity contribution in [3.63, 3.8) is 0 Å². The van der Waals surface area contributed by atoms with Crippen molar-refractivity contribution in [2.75, 3.05) is 0 Å². The molecule has 2 atom stereocenters. The number of rotatable bonds is 5. The molecule has 0 spiro atoms. The molecule has 0 saturated heterocycles. The van der Waals surface area contributed by atoms with Gasteiger partial charge in [-0.1, -0.05) is 41.4 Å². The second-order valence-corrected chi connectivity index (χ2v) is 7.21. The van der Waals surface area contributed by atoms with Gasteiger partial charge in [-0.2, -0.15) is 0 Å². The summed E-state index contributed by atoms with van der Waals surface area (Å²) in [6.07, 6.45) is 0. The molecule has 0 aliphatic carbocycles. The highest BCUT2D eigenvalue weighted by atomic mass is 35.5. The van der Waals surface area contributed by atoms with Gasteiger partial charge >= 0.3 is 0 Å². The van der Waals surface area contributed by atoms with Crippen LogP contribution in [0.5, 0.6) is 0 Å². The van der Waals surface area contributed by atoms with E-state index in [9.17, 15) is 4.79 Å². The lowest BCUT2D eigenvalue weighted by molar-refractivity contribution is -0.120. The fourth-order valence-corrected chi connectivity index (χ4v) is 3.04. The molecule has 0 unspecified atom stereocenters. The highest BCUT2D eigenvalue weighted by molar-refractivity contribution is 8.00. The number of thioether (sulfide) groups is 1. The summed E-state index contributed by atoms with van der Waals surface area (Å²) in [6.45, 7) is 5.97. The molecule has 116 valence electrons. The summed E-state index contributed by atoms with van der Waals surface area (Å²) in [4.78, 5) is 13.3. The number of nitrogens with one attached hydrogen (secondary N) is 1. The van der Waals surface area contributed by atoms with Crippen LogP contribution >= 0.6 is 23.4 Å². The molecule has 0 aliphatic heterocycles. The Morgan fingerprint density at radius 2 is 1.64 bits per heavy atom. The van der Waals surface area contributed by atoms with E-state index in [1.807, 2.05) is 38.1 Å². The Kier molecular flexibility index (Phi) is 5.92. The minimum absolute atomic E-state index is 0.00127. The average molecular weight is 334 g/mol. The zero-order valence-electron chi connectivity index (χ0n) is 13.0. The second kappa shape index (κ2) is 7.70. The first-order chi connectivity index (χ1) is 10.5. The maximum absolute atomic E-state index is 12.3. The fourth-order valence-electron chi connectivity index (χ4n) is 2.04. The van der Waals surface area contributed by atoms with Crippen LogP contribution in [-0.4, -0.2) is 11.2 Å². The van der Waals surface area contributed by atoms with E-state index in [0.29, 0.717) is 5.02 Å². The van der Waals surface area contributed by atoms with Crippen molar-refractivity contribution in [3.05, 3.63) is 64.7 Å². The molecule has 2 nitrogen and oxygen atoms in total. The van der Waals surface area contributed by atoms with E-state index in [1.165, 1.54) is 17.3 Å². The highest BCUT2D eigenvalue weighted by Gasteiger charge is 2.17. The number of hydrogen-bond acceptors (Lipinski definition) is 2. The number of amides is 1. The zero-order chi connectivity index (χ0) is 16.1. The van der Waals surface area contributed by atoms with Crippen LogP contribution in [0.2, 0.25) is 5.02 Å². The van der Waals surface area contributed by atoms with Crippen molar-refractivity contribution < 1.29 is 4.79 Å². The molecule has 0 radical (unpaired) electrons. The summed E-state index contributed by atoms with van der Waals surface area (Å²) in [7, 11) is 0. The third kappa shape index (κ3) is 4.79. The Bertz CT molecular complexity index is 625. The Labute approximate surface area is 141 Å². The molecule has 0 aliphatic rings. The minimum atomic E-state index is -0.158. The standard InChI is InChI=1S/C18H20ClNOS/c1-12-4-6-15(7-5-12)13(2)20-18(21)14(3)22-17-10-8-16(19)9-11-17/h4-11,13-14H,1-3H3,(H,20,21)/t13-,14+/m1/s1. The van der Waals surface area contributed by atoms with E-state index in [4.69, 9.17) is 11.6 Å². The summed E-state index contributed by atoms with van der Waals surface area (Å²) in [5.41, 5.74) is 2.33. The maximum atomic E-state index is 12.3. The Balaban J connectivity index is 1.93. The normalized spacial score (nSPS) is 13.5. The van der Waals surface area contributed by atoms with Crippen LogP contribution in [0.15, 0.2) is 53.4 Å². The van der Waals surface area contributed by atoms with E-state index in [2.05, 4.69) is 36.5 Å². The van der Waals surface area contributed by atoms with Gasteiger partial charge in [0, 0.05) is 9.92 Å². The largest absolute Gasteiger partial charge is 0.349 e. The smallest absolute Gasteiger partial charge is 0.233 e. The third-order valence-corrected chi connectivity index (χ3v) is 4.80. The van der Waals surface area contributed by atoms with E-state index >= 15 is 0 Å². The van der Waals surface area contributed by atoms with Gasteiger partial charge in [-0.05, 0) is 50.6 Å². The van der Waals surface area contributed by atoms with Gasteiger partial charge in [0.1, 0.15) is 0 Å². The number of aryl methyl sites for hydroxylation is 1. The molecule has 2 aromatic carbocycles. The summed E-state index contributed by atoms with van der Waals surface area (Å²) in [6, 6.07) is 15.8. The third-order valence-electron chi connectivity index (χ3n) is 3.43. The molecule has 0 heterocycles. The second-order valence-electron chi connectivity index (χ2n) is 5.35. The molecule has 0 bridgehead atoms. The van der Waals surface area contributed by atoms with E-state index in [1.54, 1.807) is 0 Å². The predicted octanol–water partition coefficient (Wildman–Crippen LogP) is 5.01. The minimum Gasteiger partial charge on any atom is -0.349 e. The molecule has 1 amide bonds. The van der Waals surface area contributed by atoms with Gasteiger partial charge in [0.2, 0.25) is 5.91 Å². The fraction of sp³-hybridized carbons (Fsp3) is 0.278. The van der Waals surface area contributed by atoms with Crippen LogP contribution in [-0.2, 0) is 4.79 Å². The average Bonchev–Trinajstić information content (AvgIpc) is 2.50. The summed E-state index contributed by atoms with van der Waals surface area (Å²) < 4.78 is 0. The van der Waals surface area contributed by atoms with Crippen LogP contribution < -0.4 is 5.32 Å². The van der Waals surface area contributed by atoms with Crippen molar-refractivity contribution in [3.8, 4) is 0 Å². The molecular formula is C18H20ClNOS. The lowest BCUT2D eigenvalue weighted by atomic mass is 10.1. The summed E-state index contributed by atoms with van der Waals surface area (Å²) in [5.74, 6) is 0.0352. The van der Waals surface area contributed by atoms with Crippen LogP contribution in [0.4, 0.5) is 0 Å². The van der Waals surface area contributed by atoms with Crippen molar-refractivity contribution in [1.29, 1.82) is 0 Å². The summed E-state index contributed by atoms with van der Waals surface area (Å²) >= 11 is 7.40. The molecule has 22 heavy (non-hydrogen) atoms. The first-order valence-electron chi connectivity index (χ1n) is 7.25. The Morgan fingerprint density at radius 1 is 1.05 bits per heavy atom. The Morgan fingerprint density at radius 3 is 2.23 bits per heavy atom. The first kappa shape index (κ1) is 16.9. The first-order valence-corrected chi connectivity index (χ1v) is 8.50. The highest BCUT2D eigenvalue weighted by Crippen LogP contribution is 2.25. The van der Waals surface area contributed by atoms with E-state index < -0.39 is 0 Å². The van der Waals surface area contributed by atoms with Crippen LogP contribution in [0, 0.1) is 6.92 Å². The van der Waals surface area contributed by atoms with Crippen LogP contribution in [0.1, 0.15) is 31.0 Å². The molecular weight excluding hydrogens is 314 g/mol. The van der Waals surface area contributed by atoms with Gasteiger partial charge < -0.3 is 5.32 Å². The van der Waals surface area contributed by atoms with Crippen molar-refractivity contribution >= 4 is 29.3 Å². The number of halogens is 1. The monoisotopic (exact) mass is 333 g/mol. The SMILES string of the molecule is Cc1ccc([C@@H](C)NC(=O)[C@H](C)Sc2ccc(Cl)cc2)cc1. The van der Waals surface area contributed by atoms with Crippen molar-refractivity contribution in [2.24, 2.45) is 0 Å². The van der Waals surface area contributed by atoms with Gasteiger partial charge in [0.15, 0.2) is 0 Å². The van der Waals surface area contributed by atoms with Gasteiger partial charge in [-0.15, -0.1) is 11.8 Å². The van der Waals surface area contributed by atoms with Gasteiger partial charge in [0.05, 0.1) is 11.3 Å². The van der Waals surface area contributed by atoms with Crippen LogP contribution in [0.25, 0.3) is 0 Å². The lowest BCUT2D eigenvalue weighted by Crippen LogP contribution is -2.33. The Hall–Kier alpha value is -1.45. The number of benzene rings is 2. The quantitative estimate of drug-likeness (QED) is 0.779. The van der Waals surface area contributed by atoms with Crippen molar-refractivity contribution in [1.82, 2.24) is 5.32 Å².